The standard InChI is InChI=1S/C9H13Br/c10-4-7-8-5-1-2-6(3-5)9(7)8/h5-9H,1-4H2. The van der Waals surface area contributed by atoms with Crippen LogP contribution in [0.1, 0.15) is 19.3 Å². The van der Waals surface area contributed by atoms with Gasteiger partial charge in [-0.15, -0.1) is 0 Å². The summed E-state index contributed by atoms with van der Waals surface area (Å²) in [7, 11) is 0. The molecule has 0 N–H and O–H groups in total. The lowest BCUT2D eigenvalue weighted by molar-refractivity contribution is 0.456. The molecule has 0 amide bonds. The predicted molar refractivity (Wildman–Crippen MR) is 45.1 cm³/mol. The summed E-state index contributed by atoms with van der Waals surface area (Å²) in [4.78, 5) is 0. The zero-order valence-corrected chi connectivity index (χ0v) is 7.68. The van der Waals surface area contributed by atoms with Crippen molar-refractivity contribution in [2.24, 2.45) is 29.6 Å². The van der Waals surface area contributed by atoms with Crippen LogP contribution in [0, 0.1) is 29.6 Å². The molecule has 4 atom stereocenters. The maximum Gasteiger partial charge on any atom is 0.00653 e. The molecule has 1 heteroatoms. The Bertz CT molecular complexity index is 150. The summed E-state index contributed by atoms with van der Waals surface area (Å²) in [6.45, 7) is 0. The van der Waals surface area contributed by atoms with E-state index in [9.17, 15) is 0 Å². The van der Waals surface area contributed by atoms with E-state index in [1.165, 1.54) is 17.2 Å². The third-order valence-corrected chi connectivity index (χ3v) is 4.82. The molecule has 3 aliphatic carbocycles. The van der Waals surface area contributed by atoms with Crippen LogP contribution in [0.5, 0.6) is 0 Å². The number of halogens is 1. The minimum absolute atomic E-state index is 1.10. The van der Waals surface area contributed by atoms with Gasteiger partial charge in [-0.05, 0) is 48.9 Å². The van der Waals surface area contributed by atoms with Crippen LogP contribution in [0.3, 0.4) is 0 Å². The van der Waals surface area contributed by atoms with Gasteiger partial charge >= 0.3 is 0 Å². The molecule has 56 valence electrons. The molecule has 2 bridgehead atoms. The quantitative estimate of drug-likeness (QED) is 0.572. The number of alkyl halides is 1. The van der Waals surface area contributed by atoms with Crippen LogP contribution < -0.4 is 0 Å². The van der Waals surface area contributed by atoms with E-state index in [-0.39, 0.29) is 0 Å². The summed E-state index contributed by atoms with van der Waals surface area (Å²) >= 11 is 3.61. The molecule has 0 spiro atoms. The Balaban J connectivity index is 1.84. The lowest BCUT2D eigenvalue weighted by Crippen LogP contribution is -1.98. The Morgan fingerprint density at radius 1 is 1.10 bits per heavy atom. The highest BCUT2D eigenvalue weighted by Gasteiger charge is 2.63. The van der Waals surface area contributed by atoms with Crippen molar-refractivity contribution in [1.29, 1.82) is 0 Å². The number of rotatable bonds is 1. The average molecular weight is 201 g/mol. The van der Waals surface area contributed by atoms with Crippen molar-refractivity contribution < 1.29 is 0 Å². The Morgan fingerprint density at radius 2 is 1.70 bits per heavy atom. The van der Waals surface area contributed by atoms with E-state index >= 15 is 0 Å². The summed E-state index contributed by atoms with van der Waals surface area (Å²) < 4.78 is 0. The van der Waals surface area contributed by atoms with Gasteiger partial charge in [0.2, 0.25) is 0 Å². The van der Waals surface area contributed by atoms with Gasteiger partial charge in [0.15, 0.2) is 0 Å². The number of fused-ring (bicyclic) bond motifs is 5. The van der Waals surface area contributed by atoms with E-state index in [1.54, 1.807) is 19.3 Å². The van der Waals surface area contributed by atoms with Gasteiger partial charge in [-0.2, -0.15) is 0 Å². The molecule has 3 aliphatic rings. The molecule has 0 heterocycles. The maximum atomic E-state index is 3.61. The molecule has 0 saturated heterocycles. The molecule has 0 radical (unpaired) electrons. The fourth-order valence-electron chi connectivity index (χ4n) is 3.71. The molecule has 0 nitrogen and oxygen atoms in total. The summed E-state index contributed by atoms with van der Waals surface area (Å²) in [5.41, 5.74) is 0. The maximum absolute atomic E-state index is 3.61. The van der Waals surface area contributed by atoms with Gasteiger partial charge in [0.25, 0.3) is 0 Å². The van der Waals surface area contributed by atoms with Crippen molar-refractivity contribution in [3.8, 4) is 0 Å². The smallest absolute Gasteiger partial charge is 0.00653 e. The molecular weight excluding hydrogens is 188 g/mol. The summed E-state index contributed by atoms with van der Waals surface area (Å²) in [5.74, 6) is 5.79. The number of hydrogen-bond acceptors (Lipinski definition) is 0. The molecule has 0 aromatic heterocycles. The van der Waals surface area contributed by atoms with Gasteiger partial charge in [-0.3, -0.25) is 0 Å². The van der Waals surface area contributed by atoms with Crippen LogP contribution >= 0.6 is 15.9 Å². The van der Waals surface area contributed by atoms with Gasteiger partial charge < -0.3 is 0 Å². The Kier molecular flexibility index (Phi) is 1.09. The molecule has 3 fully saturated rings. The van der Waals surface area contributed by atoms with Gasteiger partial charge in [-0.1, -0.05) is 15.9 Å². The third kappa shape index (κ3) is 0.546. The van der Waals surface area contributed by atoms with Crippen LogP contribution in [-0.2, 0) is 0 Å². The molecule has 3 saturated carbocycles. The van der Waals surface area contributed by atoms with Crippen LogP contribution in [0.15, 0.2) is 0 Å². The van der Waals surface area contributed by atoms with Crippen molar-refractivity contribution in [2.75, 3.05) is 5.33 Å². The fourth-order valence-corrected chi connectivity index (χ4v) is 4.58. The second-order valence-electron chi connectivity index (χ2n) is 4.31. The first-order valence-electron chi connectivity index (χ1n) is 4.48. The second kappa shape index (κ2) is 1.80. The zero-order chi connectivity index (χ0) is 6.72. The highest BCUT2D eigenvalue weighted by atomic mass is 79.9. The first-order chi connectivity index (χ1) is 4.92. The largest absolute Gasteiger partial charge is 0.0925 e. The van der Waals surface area contributed by atoms with E-state index in [4.69, 9.17) is 0 Å². The van der Waals surface area contributed by atoms with Crippen molar-refractivity contribution in [3.63, 3.8) is 0 Å². The number of hydrogen-bond donors (Lipinski definition) is 0. The van der Waals surface area contributed by atoms with Gasteiger partial charge in [0.1, 0.15) is 0 Å². The van der Waals surface area contributed by atoms with E-state index in [1.807, 2.05) is 0 Å². The van der Waals surface area contributed by atoms with Crippen LogP contribution in [-0.4, -0.2) is 5.33 Å². The first-order valence-corrected chi connectivity index (χ1v) is 5.60. The molecule has 0 aliphatic heterocycles. The highest BCUT2D eigenvalue weighted by Crippen LogP contribution is 2.69. The van der Waals surface area contributed by atoms with Crippen molar-refractivity contribution in [2.45, 2.75) is 19.3 Å². The zero-order valence-electron chi connectivity index (χ0n) is 6.09. The minimum Gasteiger partial charge on any atom is -0.0925 e. The third-order valence-electron chi connectivity index (χ3n) is 4.07. The van der Waals surface area contributed by atoms with E-state index in [0.29, 0.717) is 0 Å². The van der Waals surface area contributed by atoms with Crippen molar-refractivity contribution >= 4 is 15.9 Å². The fraction of sp³-hybridized carbons (Fsp3) is 1.00. The van der Waals surface area contributed by atoms with Crippen LogP contribution in [0.2, 0.25) is 0 Å². The molecule has 3 rings (SSSR count). The summed E-state index contributed by atoms with van der Waals surface area (Å²) in [6, 6.07) is 0. The molecule has 0 aromatic carbocycles. The molecule has 4 unspecified atom stereocenters. The SMILES string of the molecule is BrCC1C2C3CCC(C3)C12. The normalized spacial score (nSPS) is 62.7. The lowest BCUT2D eigenvalue weighted by Gasteiger charge is -2.04. The first kappa shape index (κ1) is 6.05. The minimum atomic E-state index is 1.10. The van der Waals surface area contributed by atoms with Gasteiger partial charge in [0.05, 0.1) is 0 Å². The highest BCUT2D eigenvalue weighted by molar-refractivity contribution is 9.09. The van der Waals surface area contributed by atoms with Crippen molar-refractivity contribution in [3.05, 3.63) is 0 Å². The van der Waals surface area contributed by atoms with E-state index in [0.717, 1.165) is 17.8 Å². The van der Waals surface area contributed by atoms with E-state index in [2.05, 4.69) is 15.9 Å². The molecule has 10 heavy (non-hydrogen) atoms. The summed E-state index contributed by atoms with van der Waals surface area (Å²) in [6.07, 6.45) is 4.73. The Labute approximate surface area is 70.5 Å². The average Bonchev–Trinajstić information content (AvgIpc) is 2.36. The van der Waals surface area contributed by atoms with Gasteiger partial charge in [-0.25, -0.2) is 0 Å². The molecule has 0 aromatic rings. The van der Waals surface area contributed by atoms with Crippen molar-refractivity contribution in [1.82, 2.24) is 0 Å². The Morgan fingerprint density at radius 3 is 2.20 bits per heavy atom. The van der Waals surface area contributed by atoms with Crippen LogP contribution in [0.4, 0.5) is 0 Å². The topological polar surface area (TPSA) is 0 Å². The summed E-state index contributed by atoms with van der Waals surface area (Å²) in [5, 5.41) is 1.29. The van der Waals surface area contributed by atoms with Crippen LogP contribution in [0.25, 0.3) is 0 Å². The van der Waals surface area contributed by atoms with E-state index < -0.39 is 0 Å². The molecular formula is C9H13Br. The monoisotopic (exact) mass is 200 g/mol. The predicted octanol–water partition coefficient (Wildman–Crippen LogP) is 2.67. The lowest BCUT2D eigenvalue weighted by atomic mass is 10.0. The Hall–Kier alpha value is 0.480. The van der Waals surface area contributed by atoms with Gasteiger partial charge in [0, 0.05) is 5.33 Å². The second-order valence-corrected chi connectivity index (χ2v) is 4.95.